The van der Waals surface area contributed by atoms with Gasteiger partial charge in [-0.05, 0) is 89.8 Å². The summed E-state index contributed by atoms with van der Waals surface area (Å²) in [6, 6.07) is 21.1. The fourth-order valence-electron chi connectivity index (χ4n) is 9.58. The molecular formula is C47H43NOSi. The van der Waals surface area contributed by atoms with Gasteiger partial charge in [0, 0.05) is 39.9 Å². The first-order valence-corrected chi connectivity index (χ1v) is 21.1. The Morgan fingerprint density at radius 3 is 2.64 bits per heavy atom. The van der Waals surface area contributed by atoms with Crippen LogP contribution in [0.15, 0.2) is 150 Å². The zero-order chi connectivity index (χ0) is 33.2. The van der Waals surface area contributed by atoms with Crippen molar-refractivity contribution in [2.75, 3.05) is 4.90 Å². The van der Waals surface area contributed by atoms with E-state index in [9.17, 15) is 0 Å². The maximum absolute atomic E-state index is 6.74. The standard InChI is InChI=1S/C47H43NOSi/c1-50-44-28-27-40-39-21-8-10-24-43(39)49-47(40)46(44)41-26-25-35(30-45(41)50)48(34-18-11-17-33(29-34)31-13-3-2-4-14-31)42-23-9-7-20-38(42)37-22-12-16-32-15-5-6-19-36(32)37/h3,6-14,16,18-29,33,35,39,43,50H,2,4-5,15,17,30H2,1H3. The number of aryl methyl sites for hydroxylation is 1. The molecule has 3 aromatic carbocycles. The van der Waals surface area contributed by atoms with Gasteiger partial charge in [-0.25, -0.2) is 0 Å². The summed E-state index contributed by atoms with van der Waals surface area (Å²) in [5.41, 5.74) is 13.7. The second kappa shape index (κ2) is 12.2. The molecule has 3 aromatic rings. The molecule has 0 fully saturated rings. The van der Waals surface area contributed by atoms with Crippen molar-refractivity contribution in [2.45, 2.75) is 63.1 Å². The molecule has 0 N–H and O–H groups in total. The largest absolute Gasteiger partial charge is 0.484 e. The number of ether oxygens (including phenoxy) is 1. The number of para-hydroxylation sites is 1. The number of allylic oxidation sites excluding steroid dienone is 12. The van der Waals surface area contributed by atoms with E-state index in [2.05, 4.69) is 151 Å². The van der Waals surface area contributed by atoms with Crippen LogP contribution in [-0.4, -0.2) is 20.9 Å². The number of rotatable bonds is 5. The van der Waals surface area contributed by atoms with E-state index < -0.39 is 8.80 Å². The lowest BCUT2D eigenvalue weighted by atomic mass is 9.86. The molecule has 0 saturated carbocycles. The van der Waals surface area contributed by atoms with Crippen molar-refractivity contribution in [1.82, 2.24) is 0 Å². The number of anilines is 1. The SMILES string of the molecule is C[SiH]1C2=C(C=CC(N(C3=CC(C4=CCCC=C4)CC=C3)c3ccccc3-c3cccc4c3C=CCC4)C2)c2c1ccc1c2OC2C=CC=CC12. The molecule has 0 amide bonds. The van der Waals surface area contributed by atoms with Crippen LogP contribution >= 0.6 is 0 Å². The molecule has 5 atom stereocenters. The van der Waals surface area contributed by atoms with Gasteiger partial charge in [0.05, 0.1) is 14.8 Å². The normalized spacial score (nSPS) is 26.5. The molecule has 7 aliphatic rings. The van der Waals surface area contributed by atoms with Gasteiger partial charge in [-0.2, -0.15) is 0 Å². The average molecular weight is 666 g/mol. The fourth-order valence-corrected chi connectivity index (χ4v) is 12.4. The summed E-state index contributed by atoms with van der Waals surface area (Å²) in [4.78, 5) is 2.69. The summed E-state index contributed by atoms with van der Waals surface area (Å²) in [5, 5.41) is 3.22. The lowest BCUT2D eigenvalue weighted by Gasteiger charge is -2.38. The minimum atomic E-state index is -1.38. The highest BCUT2D eigenvalue weighted by atomic mass is 28.3. The Kier molecular flexibility index (Phi) is 7.30. The highest BCUT2D eigenvalue weighted by Gasteiger charge is 2.41. The van der Waals surface area contributed by atoms with Gasteiger partial charge in [0.1, 0.15) is 11.9 Å². The summed E-state index contributed by atoms with van der Waals surface area (Å²) >= 11 is 0. The van der Waals surface area contributed by atoms with E-state index in [0.29, 0.717) is 11.8 Å². The Balaban J connectivity index is 1.09. The third-order valence-electron chi connectivity index (χ3n) is 12.1. The van der Waals surface area contributed by atoms with Crippen LogP contribution in [0.1, 0.15) is 60.3 Å². The van der Waals surface area contributed by atoms with Crippen molar-refractivity contribution < 1.29 is 4.74 Å². The van der Waals surface area contributed by atoms with E-state index in [1.165, 1.54) is 55.9 Å². The molecule has 5 unspecified atom stereocenters. The van der Waals surface area contributed by atoms with Gasteiger partial charge in [0.2, 0.25) is 0 Å². The third-order valence-corrected chi connectivity index (χ3v) is 15.1. The van der Waals surface area contributed by atoms with Gasteiger partial charge in [0.15, 0.2) is 0 Å². The monoisotopic (exact) mass is 665 g/mol. The molecule has 0 radical (unpaired) electrons. The molecule has 2 aliphatic heterocycles. The quantitative estimate of drug-likeness (QED) is 0.252. The minimum absolute atomic E-state index is 0.112. The first-order chi connectivity index (χ1) is 24.7. The van der Waals surface area contributed by atoms with E-state index >= 15 is 0 Å². The Morgan fingerprint density at radius 2 is 1.70 bits per heavy atom. The van der Waals surface area contributed by atoms with Crippen LogP contribution in [0.3, 0.4) is 0 Å². The second-order valence-electron chi connectivity index (χ2n) is 14.8. The third kappa shape index (κ3) is 4.81. The summed E-state index contributed by atoms with van der Waals surface area (Å²) < 4.78 is 6.74. The zero-order valence-corrected chi connectivity index (χ0v) is 29.9. The molecular weight excluding hydrogens is 623 g/mol. The molecule has 3 heteroatoms. The molecule has 50 heavy (non-hydrogen) atoms. The summed E-state index contributed by atoms with van der Waals surface area (Å²) in [7, 11) is -1.38. The second-order valence-corrected chi connectivity index (χ2v) is 17.6. The molecule has 0 spiro atoms. The van der Waals surface area contributed by atoms with Gasteiger partial charge in [0.25, 0.3) is 0 Å². The van der Waals surface area contributed by atoms with Crippen LogP contribution in [0.25, 0.3) is 22.8 Å². The number of fused-ring (bicyclic) bond motifs is 7. The van der Waals surface area contributed by atoms with E-state index in [4.69, 9.17) is 4.74 Å². The van der Waals surface area contributed by atoms with Crippen LogP contribution in [-0.2, 0) is 6.42 Å². The van der Waals surface area contributed by atoms with Gasteiger partial charge >= 0.3 is 0 Å². The topological polar surface area (TPSA) is 12.5 Å². The predicted octanol–water partition coefficient (Wildman–Crippen LogP) is 10.2. The van der Waals surface area contributed by atoms with Crippen molar-refractivity contribution in [1.29, 1.82) is 0 Å². The van der Waals surface area contributed by atoms with E-state index in [1.54, 1.807) is 10.4 Å². The molecule has 246 valence electrons. The van der Waals surface area contributed by atoms with Crippen LogP contribution in [0.2, 0.25) is 6.55 Å². The number of hydrogen-bond donors (Lipinski definition) is 0. The van der Waals surface area contributed by atoms with Gasteiger partial charge in [-0.15, -0.1) is 0 Å². The zero-order valence-electron chi connectivity index (χ0n) is 28.8. The van der Waals surface area contributed by atoms with Crippen LogP contribution in [0.5, 0.6) is 5.75 Å². The Labute approximate surface area is 298 Å². The first-order valence-electron chi connectivity index (χ1n) is 18.7. The number of nitrogens with zero attached hydrogens (tertiary/aromatic N) is 1. The molecule has 0 aromatic heterocycles. The van der Waals surface area contributed by atoms with Crippen molar-refractivity contribution in [3.05, 3.63) is 172 Å². The van der Waals surface area contributed by atoms with Crippen LogP contribution in [0.4, 0.5) is 5.69 Å². The lowest BCUT2D eigenvalue weighted by molar-refractivity contribution is 0.268. The molecule has 10 rings (SSSR count). The number of hydrogen-bond acceptors (Lipinski definition) is 2. The van der Waals surface area contributed by atoms with Crippen molar-refractivity contribution >= 4 is 31.3 Å². The summed E-state index contributed by atoms with van der Waals surface area (Å²) in [6.07, 6.45) is 39.8. The smallest absolute Gasteiger partial charge is 0.131 e. The highest BCUT2D eigenvalue weighted by Crippen LogP contribution is 2.50. The predicted molar refractivity (Wildman–Crippen MR) is 212 cm³/mol. The Bertz CT molecular complexity index is 2200. The van der Waals surface area contributed by atoms with E-state index in [0.717, 1.165) is 44.3 Å². The molecule has 0 bridgehead atoms. The molecule has 2 nitrogen and oxygen atoms in total. The van der Waals surface area contributed by atoms with Gasteiger partial charge < -0.3 is 9.64 Å². The average Bonchev–Trinajstić information content (AvgIpc) is 3.70. The Morgan fingerprint density at radius 1 is 0.800 bits per heavy atom. The minimum Gasteiger partial charge on any atom is -0.484 e. The molecule has 0 saturated heterocycles. The molecule has 5 aliphatic carbocycles. The fraction of sp³-hybridized carbons (Fsp3) is 0.234. The first kappa shape index (κ1) is 30.0. The van der Waals surface area contributed by atoms with Crippen molar-refractivity contribution in [2.24, 2.45) is 5.92 Å². The lowest BCUT2D eigenvalue weighted by Crippen LogP contribution is -2.37. The van der Waals surface area contributed by atoms with E-state index in [-0.39, 0.29) is 12.1 Å². The van der Waals surface area contributed by atoms with Crippen LogP contribution in [0, 0.1) is 5.92 Å². The van der Waals surface area contributed by atoms with E-state index in [1.807, 2.05) is 0 Å². The maximum atomic E-state index is 6.74. The number of benzene rings is 3. The molecule has 2 heterocycles. The van der Waals surface area contributed by atoms with Crippen molar-refractivity contribution in [3.8, 4) is 16.9 Å². The van der Waals surface area contributed by atoms with Gasteiger partial charge in [-0.3, -0.25) is 0 Å². The maximum Gasteiger partial charge on any atom is 0.131 e. The van der Waals surface area contributed by atoms with Crippen molar-refractivity contribution in [3.63, 3.8) is 0 Å². The Hall–Kier alpha value is -4.86. The highest BCUT2D eigenvalue weighted by molar-refractivity contribution is 6.82. The summed E-state index contributed by atoms with van der Waals surface area (Å²) in [6.45, 7) is 2.55. The van der Waals surface area contributed by atoms with Crippen LogP contribution < -0.4 is 14.8 Å². The van der Waals surface area contributed by atoms with Gasteiger partial charge in [-0.1, -0.05) is 133 Å². The summed E-state index contributed by atoms with van der Waals surface area (Å²) in [5.74, 6) is 1.85.